The summed E-state index contributed by atoms with van der Waals surface area (Å²) in [6.45, 7) is -0.583. The van der Waals surface area contributed by atoms with Gasteiger partial charge >= 0.3 is 5.97 Å². The van der Waals surface area contributed by atoms with Gasteiger partial charge in [-0.05, 0) is 47.7 Å². The van der Waals surface area contributed by atoms with E-state index >= 15 is 0 Å². The Morgan fingerprint density at radius 2 is 1.97 bits per heavy atom. The number of fused-ring (bicyclic) bond motifs is 1. The van der Waals surface area contributed by atoms with Gasteiger partial charge in [0, 0.05) is 17.3 Å². The molecule has 1 unspecified atom stereocenters. The van der Waals surface area contributed by atoms with Crippen LogP contribution in [0.5, 0.6) is 5.75 Å². The summed E-state index contributed by atoms with van der Waals surface area (Å²) in [7, 11) is -1.45. The topological polar surface area (TPSA) is 113 Å². The van der Waals surface area contributed by atoms with Crippen LogP contribution in [0.2, 0.25) is 0 Å². The van der Waals surface area contributed by atoms with Gasteiger partial charge in [-0.25, -0.2) is 8.42 Å². The maximum atomic E-state index is 13.4. The number of sulfonamides is 1. The molecule has 2 aromatic rings. The predicted octanol–water partition coefficient (Wildman–Crippen LogP) is 0.982. The molecule has 29 heavy (non-hydrogen) atoms. The molecule has 1 aliphatic heterocycles. The third kappa shape index (κ3) is 4.03. The van der Waals surface area contributed by atoms with E-state index in [9.17, 15) is 23.4 Å². The van der Waals surface area contributed by atoms with Gasteiger partial charge in [-0.3, -0.25) is 4.79 Å². The molecule has 1 aromatic carbocycles. The molecule has 0 spiro atoms. The molecule has 3 atom stereocenters. The quantitative estimate of drug-likeness (QED) is 0.643. The fraction of sp³-hybridized carbons (Fsp3) is 0.421. The van der Waals surface area contributed by atoms with Crippen molar-refractivity contribution in [3.05, 3.63) is 46.2 Å². The van der Waals surface area contributed by atoms with E-state index in [-0.39, 0.29) is 11.4 Å². The lowest BCUT2D eigenvalue weighted by molar-refractivity contribution is -0.147. The molecule has 158 valence electrons. The molecule has 2 heterocycles. The zero-order valence-corrected chi connectivity index (χ0v) is 17.6. The first kappa shape index (κ1) is 21.7. The Kier molecular flexibility index (Phi) is 6.59. The molecule has 2 N–H and O–H groups in total. The van der Waals surface area contributed by atoms with Gasteiger partial charge in [0.25, 0.3) is 0 Å². The van der Waals surface area contributed by atoms with Gasteiger partial charge in [-0.15, -0.1) is 11.3 Å². The van der Waals surface area contributed by atoms with Crippen molar-refractivity contribution in [1.29, 1.82) is 0 Å². The van der Waals surface area contributed by atoms with Crippen LogP contribution in [0.1, 0.15) is 16.4 Å². The molecule has 0 fully saturated rings. The summed E-state index contributed by atoms with van der Waals surface area (Å²) < 4.78 is 37.9. The number of nitrogens with zero attached hydrogens (tertiary/aromatic N) is 1. The standard InChI is InChI=1S/C19H23NO7S2/c1-26-12-3-5-13(6-4-12)29(24,25)20-9-7-16-14(8-10-28-16)17(15(22)11-21)18(20)19(23)27-2/h3-6,8,10,15,17-18,21-22H,7,9,11H2,1-2H3/t15?,17-,18+/m1/s1. The Balaban J connectivity index is 2.13. The van der Waals surface area contributed by atoms with Gasteiger partial charge in [0.15, 0.2) is 0 Å². The number of rotatable bonds is 6. The van der Waals surface area contributed by atoms with Crippen molar-refractivity contribution in [3.63, 3.8) is 0 Å². The van der Waals surface area contributed by atoms with Crippen LogP contribution in [0, 0.1) is 0 Å². The summed E-state index contributed by atoms with van der Waals surface area (Å²) in [6, 6.07) is 6.29. The number of hydrogen-bond acceptors (Lipinski definition) is 8. The minimum atomic E-state index is -4.10. The van der Waals surface area contributed by atoms with Crippen molar-refractivity contribution in [2.24, 2.45) is 0 Å². The maximum absolute atomic E-state index is 13.4. The lowest BCUT2D eigenvalue weighted by Gasteiger charge is -2.34. The number of carbonyl (C=O) groups excluding carboxylic acids is 1. The van der Waals surface area contributed by atoms with E-state index in [1.165, 1.54) is 49.8 Å². The smallest absolute Gasteiger partial charge is 0.324 e. The number of esters is 1. The van der Waals surface area contributed by atoms with Gasteiger partial charge in [-0.1, -0.05) is 0 Å². The highest BCUT2D eigenvalue weighted by atomic mass is 32.2. The van der Waals surface area contributed by atoms with E-state index in [0.29, 0.717) is 17.7 Å². The van der Waals surface area contributed by atoms with E-state index in [2.05, 4.69) is 0 Å². The average Bonchev–Trinajstić information content (AvgIpc) is 3.13. The van der Waals surface area contributed by atoms with Gasteiger partial charge in [0.05, 0.1) is 31.8 Å². The molecule has 0 bridgehead atoms. The van der Waals surface area contributed by atoms with Crippen LogP contribution in [0.15, 0.2) is 40.6 Å². The van der Waals surface area contributed by atoms with E-state index in [4.69, 9.17) is 9.47 Å². The second kappa shape index (κ2) is 8.80. The van der Waals surface area contributed by atoms with Crippen LogP contribution in [-0.2, 0) is 26.0 Å². The van der Waals surface area contributed by atoms with Crippen molar-refractivity contribution < 1.29 is 32.9 Å². The molecular weight excluding hydrogens is 418 g/mol. The predicted molar refractivity (Wildman–Crippen MR) is 107 cm³/mol. The van der Waals surface area contributed by atoms with Crippen LogP contribution >= 0.6 is 11.3 Å². The van der Waals surface area contributed by atoms with Gasteiger partial charge in [0.1, 0.15) is 11.8 Å². The van der Waals surface area contributed by atoms with Gasteiger partial charge in [-0.2, -0.15) is 4.31 Å². The number of aliphatic hydroxyl groups excluding tert-OH is 2. The van der Waals surface area contributed by atoms with E-state index in [1.807, 2.05) is 5.38 Å². The second-order valence-corrected chi connectivity index (χ2v) is 9.48. The highest BCUT2D eigenvalue weighted by Crippen LogP contribution is 2.38. The number of methoxy groups -OCH3 is 2. The molecule has 0 radical (unpaired) electrons. The van der Waals surface area contributed by atoms with Crippen molar-refractivity contribution >= 4 is 27.3 Å². The van der Waals surface area contributed by atoms with Crippen LogP contribution < -0.4 is 4.74 Å². The number of aliphatic hydroxyl groups is 2. The minimum absolute atomic E-state index is 0.00491. The largest absolute Gasteiger partial charge is 0.497 e. The molecule has 8 nitrogen and oxygen atoms in total. The summed E-state index contributed by atoms with van der Waals surface area (Å²) >= 11 is 1.42. The van der Waals surface area contributed by atoms with Crippen LogP contribution in [-0.4, -0.2) is 68.4 Å². The first-order valence-electron chi connectivity index (χ1n) is 8.94. The van der Waals surface area contributed by atoms with E-state index in [1.54, 1.807) is 6.07 Å². The molecule has 10 heteroatoms. The number of carbonyl (C=O) groups is 1. The third-order valence-corrected chi connectivity index (χ3v) is 7.95. The zero-order valence-electron chi connectivity index (χ0n) is 16.0. The monoisotopic (exact) mass is 441 g/mol. The second-order valence-electron chi connectivity index (χ2n) is 6.58. The fourth-order valence-corrected chi connectivity index (χ4v) is 6.15. The normalized spacial score (nSPS) is 21.1. The lowest BCUT2D eigenvalue weighted by Crippen LogP contribution is -2.51. The molecular formula is C19H23NO7S2. The highest BCUT2D eigenvalue weighted by Gasteiger charge is 2.47. The molecule has 0 saturated carbocycles. The minimum Gasteiger partial charge on any atom is -0.497 e. The molecule has 0 saturated heterocycles. The van der Waals surface area contributed by atoms with Crippen LogP contribution in [0.3, 0.4) is 0 Å². The van der Waals surface area contributed by atoms with Crippen molar-refractivity contribution in [3.8, 4) is 5.75 Å². The molecule has 0 aliphatic carbocycles. The lowest BCUT2D eigenvalue weighted by atomic mass is 9.87. The number of benzene rings is 1. The SMILES string of the molecule is COC(=O)[C@@H]1[C@@H](C(O)CO)c2ccsc2CCN1S(=O)(=O)c1ccc(OC)cc1. The zero-order chi connectivity index (χ0) is 21.2. The fourth-order valence-electron chi connectivity index (χ4n) is 3.62. The van der Waals surface area contributed by atoms with Gasteiger partial charge in [0.2, 0.25) is 10.0 Å². The molecule has 0 amide bonds. The Bertz CT molecular complexity index is 955. The van der Waals surface area contributed by atoms with Crippen molar-refractivity contribution in [2.45, 2.75) is 29.4 Å². The Morgan fingerprint density at radius 1 is 1.28 bits per heavy atom. The van der Waals surface area contributed by atoms with Crippen LogP contribution in [0.25, 0.3) is 0 Å². The van der Waals surface area contributed by atoms with Gasteiger partial charge < -0.3 is 19.7 Å². The number of ether oxygens (including phenoxy) is 2. The number of hydrogen-bond donors (Lipinski definition) is 2. The summed E-state index contributed by atoms with van der Waals surface area (Å²) in [5.41, 5.74) is 0.652. The Labute approximate surface area is 173 Å². The molecule has 1 aliphatic rings. The Morgan fingerprint density at radius 3 is 2.55 bits per heavy atom. The first-order valence-corrected chi connectivity index (χ1v) is 11.3. The highest BCUT2D eigenvalue weighted by molar-refractivity contribution is 7.89. The van der Waals surface area contributed by atoms with E-state index < -0.39 is 40.7 Å². The molecule has 3 rings (SSSR count). The Hall–Kier alpha value is -1.98. The van der Waals surface area contributed by atoms with E-state index in [0.717, 1.165) is 9.18 Å². The summed E-state index contributed by atoms with van der Waals surface area (Å²) in [5.74, 6) is -1.25. The average molecular weight is 442 g/mol. The third-order valence-electron chi connectivity index (χ3n) is 5.06. The summed E-state index contributed by atoms with van der Waals surface area (Å²) in [4.78, 5) is 13.6. The first-order chi connectivity index (χ1) is 13.8. The number of thiophene rings is 1. The van der Waals surface area contributed by atoms with Crippen LogP contribution in [0.4, 0.5) is 0 Å². The molecule has 1 aromatic heterocycles. The van der Waals surface area contributed by atoms with Crippen molar-refractivity contribution in [1.82, 2.24) is 4.31 Å². The van der Waals surface area contributed by atoms with Crippen molar-refractivity contribution in [2.75, 3.05) is 27.4 Å². The summed E-state index contributed by atoms with van der Waals surface area (Å²) in [6.07, 6.45) is -0.955. The summed E-state index contributed by atoms with van der Waals surface area (Å²) in [5, 5.41) is 21.9. The maximum Gasteiger partial charge on any atom is 0.324 e.